The first-order valence-corrected chi connectivity index (χ1v) is 11.0. The third-order valence-electron chi connectivity index (χ3n) is 5.34. The molecule has 0 amide bonds. The van der Waals surface area contributed by atoms with Crippen molar-refractivity contribution in [3.8, 4) is 17.6 Å². The number of anilines is 2. The molecule has 10 heteroatoms. The molecule has 0 atom stereocenters. The van der Waals surface area contributed by atoms with Crippen molar-refractivity contribution in [3.63, 3.8) is 0 Å². The molecule has 0 unspecified atom stereocenters. The van der Waals surface area contributed by atoms with E-state index in [4.69, 9.17) is 4.74 Å². The maximum atomic E-state index is 15.2. The summed E-state index contributed by atoms with van der Waals surface area (Å²) in [6, 6.07) is 10.2. The second-order valence-corrected chi connectivity index (χ2v) is 9.67. The van der Waals surface area contributed by atoms with Crippen LogP contribution in [0.2, 0.25) is 0 Å². The van der Waals surface area contributed by atoms with Gasteiger partial charge in [0.25, 0.3) is 0 Å². The Hall–Kier alpha value is -3.18. The van der Waals surface area contributed by atoms with Gasteiger partial charge in [-0.25, -0.2) is 9.18 Å². The quantitative estimate of drug-likeness (QED) is 0.448. The number of halogens is 1. The van der Waals surface area contributed by atoms with Crippen LogP contribution in [-0.4, -0.2) is 56.9 Å². The third kappa shape index (κ3) is 4.51. The second-order valence-electron chi connectivity index (χ2n) is 9.67. The lowest BCUT2D eigenvalue weighted by Gasteiger charge is -2.29. The molecule has 0 fully saturated rings. The number of ether oxygens (including phenoxy) is 1. The monoisotopic (exact) mass is 443 g/mol. The summed E-state index contributed by atoms with van der Waals surface area (Å²) in [5, 5.41) is 9.74. The van der Waals surface area contributed by atoms with Crippen LogP contribution in [0.3, 0.4) is 0 Å². The molecule has 3 aromatic rings. The topological polar surface area (TPSA) is 67.6 Å². The lowest BCUT2D eigenvalue weighted by molar-refractivity contribution is 0.143. The van der Waals surface area contributed by atoms with E-state index in [1.54, 1.807) is 26.0 Å². The van der Waals surface area contributed by atoms with Crippen molar-refractivity contribution in [3.05, 3.63) is 58.3 Å². The van der Waals surface area contributed by atoms with Gasteiger partial charge in [0, 0.05) is 6.54 Å². The van der Waals surface area contributed by atoms with Crippen LogP contribution in [0, 0.1) is 17.7 Å². The Morgan fingerprint density at radius 1 is 1.18 bits per heavy atom. The standard InChI is InChI=1S/C23H25B3FN3O3/c1-22(2,32)11-10-14-6-3-9-17-19(14)33-13-5-12-29(17)20-18-15(27)7-4-8-16(18)30(21(31)28-20)23(24,25)26/h3-4,6-9,32H,5,12-13,24-26H2,1-2H3. The smallest absolute Gasteiger partial charge is 0.348 e. The first-order valence-electron chi connectivity index (χ1n) is 11.0. The molecule has 0 spiro atoms. The maximum absolute atomic E-state index is 15.2. The summed E-state index contributed by atoms with van der Waals surface area (Å²) in [7, 11) is 5.67. The molecular weight excluding hydrogens is 418 g/mol. The minimum absolute atomic E-state index is 0.257. The number of aromatic nitrogens is 2. The molecule has 6 nitrogen and oxygen atoms in total. The zero-order chi connectivity index (χ0) is 24.0. The van der Waals surface area contributed by atoms with E-state index in [0.29, 0.717) is 42.1 Å². The predicted molar refractivity (Wildman–Crippen MR) is 136 cm³/mol. The van der Waals surface area contributed by atoms with Crippen molar-refractivity contribution < 1.29 is 14.2 Å². The number of fused-ring (bicyclic) bond motifs is 2. The highest BCUT2D eigenvalue weighted by Crippen LogP contribution is 2.40. The van der Waals surface area contributed by atoms with Gasteiger partial charge >= 0.3 is 5.69 Å². The van der Waals surface area contributed by atoms with Crippen molar-refractivity contribution >= 4 is 45.9 Å². The second kappa shape index (κ2) is 8.31. The van der Waals surface area contributed by atoms with Crippen LogP contribution in [0.15, 0.2) is 41.2 Å². The number of hydrogen-bond acceptors (Lipinski definition) is 5. The van der Waals surface area contributed by atoms with Crippen molar-refractivity contribution in [2.45, 2.75) is 31.1 Å². The van der Waals surface area contributed by atoms with E-state index < -0.39 is 22.3 Å². The molecule has 1 aromatic heterocycles. The van der Waals surface area contributed by atoms with Gasteiger partial charge < -0.3 is 19.3 Å². The molecule has 0 saturated heterocycles. The fraction of sp³-hybridized carbons (Fsp3) is 0.304. The zero-order valence-corrected chi connectivity index (χ0v) is 19.6. The van der Waals surface area contributed by atoms with Crippen LogP contribution in [0.5, 0.6) is 5.75 Å². The van der Waals surface area contributed by atoms with Crippen LogP contribution >= 0.6 is 0 Å². The molecule has 1 N–H and O–H groups in total. The van der Waals surface area contributed by atoms with Crippen LogP contribution in [0.25, 0.3) is 10.9 Å². The SMILES string of the molecule is BC(B)(B)n1c(=O)nc(N2CCCOc3c(C#CC(C)(C)O)cccc32)c2c(F)cccc21. The Bertz CT molecular complexity index is 1350. The van der Waals surface area contributed by atoms with Gasteiger partial charge in [-0.3, -0.25) is 0 Å². The summed E-state index contributed by atoms with van der Waals surface area (Å²) in [6.07, 6.45) is 0.646. The number of para-hydroxylation sites is 1. The summed E-state index contributed by atoms with van der Waals surface area (Å²) in [5.41, 5.74) is 0.141. The molecule has 0 saturated carbocycles. The van der Waals surface area contributed by atoms with Gasteiger partial charge in [0.2, 0.25) is 0 Å². The fourth-order valence-electron chi connectivity index (χ4n) is 4.01. The van der Waals surface area contributed by atoms with E-state index in [9.17, 15) is 9.90 Å². The van der Waals surface area contributed by atoms with Gasteiger partial charge in [0.1, 0.15) is 35.0 Å². The number of rotatable bonds is 2. The van der Waals surface area contributed by atoms with Crippen LogP contribution in [0.4, 0.5) is 15.9 Å². The Morgan fingerprint density at radius 3 is 2.61 bits per heavy atom. The summed E-state index contributed by atoms with van der Waals surface area (Å²) >= 11 is 0. The van der Waals surface area contributed by atoms with E-state index in [1.807, 2.05) is 46.6 Å². The van der Waals surface area contributed by atoms with E-state index in [1.165, 1.54) is 10.6 Å². The number of aliphatic hydroxyl groups is 1. The minimum Gasteiger partial charge on any atom is -0.490 e. The van der Waals surface area contributed by atoms with Gasteiger partial charge in [0.15, 0.2) is 11.6 Å². The summed E-state index contributed by atoms with van der Waals surface area (Å²) < 4.78 is 22.8. The average molecular weight is 443 g/mol. The molecule has 0 bridgehead atoms. The van der Waals surface area contributed by atoms with Gasteiger partial charge in [-0.15, -0.1) is 0 Å². The first kappa shape index (κ1) is 23.0. The normalized spacial score (nSPS) is 14.1. The van der Waals surface area contributed by atoms with Gasteiger partial charge in [0.05, 0.1) is 28.8 Å². The molecule has 2 aromatic carbocycles. The number of hydrogen-bond donors (Lipinski definition) is 1. The van der Waals surface area contributed by atoms with Crippen LogP contribution in [0.1, 0.15) is 25.8 Å². The first-order chi connectivity index (χ1) is 15.5. The van der Waals surface area contributed by atoms with Crippen molar-refractivity contribution in [2.24, 2.45) is 0 Å². The molecule has 4 rings (SSSR count). The van der Waals surface area contributed by atoms with E-state index in [0.717, 1.165) is 0 Å². The highest BCUT2D eigenvalue weighted by molar-refractivity contribution is 6.56. The Labute approximate surface area is 195 Å². The Balaban J connectivity index is 2.00. The lowest BCUT2D eigenvalue weighted by atomic mass is 9.49. The molecular formula is C23H25B3FN3O3. The predicted octanol–water partition coefficient (Wildman–Crippen LogP) is 0.0457. The molecule has 1 aliphatic heterocycles. The molecule has 0 aliphatic carbocycles. The van der Waals surface area contributed by atoms with E-state index >= 15 is 4.39 Å². The molecule has 0 radical (unpaired) electrons. The van der Waals surface area contributed by atoms with Crippen molar-refractivity contribution in [1.29, 1.82) is 0 Å². The minimum atomic E-state index is -1.16. The van der Waals surface area contributed by atoms with Crippen LogP contribution in [-0.2, 0) is 5.24 Å². The summed E-state index contributed by atoms with van der Waals surface area (Å²) in [4.78, 5) is 19.4. The van der Waals surface area contributed by atoms with Crippen molar-refractivity contribution in [1.82, 2.24) is 9.55 Å². The number of benzene rings is 2. The fourth-order valence-corrected chi connectivity index (χ4v) is 4.01. The summed E-state index contributed by atoms with van der Waals surface area (Å²) in [6.45, 7) is 4.14. The molecule has 1 aliphatic rings. The Kier molecular flexibility index (Phi) is 5.79. The highest BCUT2D eigenvalue weighted by Gasteiger charge is 2.28. The molecule has 33 heavy (non-hydrogen) atoms. The van der Waals surface area contributed by atoms with E-state index in [-0.39, 0.29) is 11.2 Å². The average Bonchev–Trinajstić information content (AvgIpc) is 2.93. The maximum Gasteiger partial charge on any atom is 0.348 e. The number of nitrogens with zero attached hydrogens (tertiary/aromatic N) is 3. The van der Waals surface area contributed by atoms with Gasteiger partial charge in [-0.05, 0) is 49.8 Å². The largest absolute Gasteiger partial charge is 0.490 e. The van der Waals surface area contributed by atoms with Crippen LogP contribution < -0.4 is 15.3 Å². The lowest BCUT2D eigenvalue weighted by Crippen LogP contribution is -2.44. The van der Waals surface area contributed by atoms with E-state index in [2.05, 4.69) is 16.8 Å². The third-order valence-corrected chi connectivity index (χ3v) is 5.34. The Morgan fingerprint density at radius 2 is 1.91 bits per heavy atom. The molecule has 166 valence electrons. The highest BCUT2D eigenvalue weighted by atomic mass is 19.1. The van der Waals surface area contributed by atoms with Gasteiger partial charge in [-0.2, -0.15) is 4.98 Å². The van der Waals surface area contributed by atoms with Gasteiger partial charge in [-0.1, -0.05) is 24.0 Å². The van der Waals surface area contributed by atoms with Crippen molar-refractivity contribution in [2.75, 3.05) is 18.1 Å². The molecule has 2 heterocycles. The summed E-state index contributed by atoms with van der Waals surface area (Å²) in [5.74, 6) is 6.14. The zero-order valence-electron chi connectivity index (χ0n) is 19.6.